The summed E-state index contributed by atoms with van der Waals surface area (Å²) in [6, 6.07) is 5.21. The normalized spacial score (nSPS) is 24.8. The summed E-state index contributed by atoms with van der Waals surface area (Å²) in [5, 5.41) is 10.6. The van der Waals surface area contributed by atoms with Gasteiger partial charge in [0.25, 0.3) is 0 Å². The van der Waals surface area contributed by atoms with E-state index in [0.717, 1.165) is 4.47 Å². The van der Waals surface area contributed by atoms with Crippen LogP contribution in [-0.4, -0.2) is 25.0 Å². The molecule has 94 valence electrons. The van der Waals surface area contributed by atoms with Crippen molar-refractivity contribution >= 4 is 37.4 Å². The molecule has 0 bridgehead atoms. The lowest BCUT2D eigenvalue weighted by Crippen LogP contribution is -2.14. The molecule has 6 heteroatoms. The van der Waals surface area contributed by atoms with Crippen LogP contribution in [0.15, 0.2) is 22.7 Å². The Morgan fingerprint density at radius 1 is 1.47 bits per heavy atom. The summed E-state index contributed by atoms with van der Waals surface area (Å²) in [4.78, 5) is 0. The Kier molecular flexibility index (Phi) is 3.83. The summed E-state index contributed by atoms with van der Waals surface area (Å²) in [6.45, 7) is 0. The van der Waals surface area contributed by atoms with Crippen molar-refractivity contribution in [3.8, 4) is 0 Å². The van der Waals surface area contributed by atoms with Gasteiger partial charge in [-0.05, 0) is 24.1 Å². The van der Waals surface area contributed by atoms with Gasteiger partial charge in [-0.25, -0.2) is 8.42 Å². The Balaban J connectivity index is 2.23. The molecule has 0 aliphatic carbocycles. The minimum absolute atomic E-state index is 0.0422. The number of aliphatic hydroxyl groups excluding tert-OH is 1. The molecule has 1 aromatic carbocycles. The van der Waals surface area contributed by atoms with Crippen molar-refractivity contribution < 1.29 is 13.5 Å². The van der Waals surface area contributed by atoms with Crippen LogP contribution in [0.4, 0.5) is 0 Å². The molecule has 1 saturated heterocycles. The molecule has 2 unspecified atom stereocenters. The number of sulfone groups is 1. The van der Waals surface area contributed by atoms with E-state index in [1.165, 1.54) is 0 Å². The van der Waals surface area contributed by atoms with Crippen LogP contribution in [0.25, 0.3) is 0 Å². The third-order valence-electron chi connectivity index (χ3n) is 3.00. The van der Waals surface area contributed by atoms with Crippen molar-refractivity contribution in [1.29, 1.82) is 0 Å². The predicted octanol–water partition coefficient (Wildman–Crippen LogP) is 2.57. The van der Waals surface area contributed by atoms with Crippen LogP contribution in [0.5, 0.6) is 0 Å². The van der Waals surface area contributed by atoms with Crippen LogP contribution in [-0.2, 0) is 9.84 Å². The number of aliphatic hydroxyl groups is 1. The molecule has 2 atom stereocenters. The van der Waals surface area contributed by atoms with Gasteiger partial charge in [0.05, 0.1) is 17.6 Å². The van der Waals surface area contributed by atoms with E-state index in [1.54, 1.807) is 18.2 Å². The lowest BCUT2D eigenvalue weighted by atomic mass is 9.95. The van der Waals surface area contributed by atoms with Crippen molar-refractivity contribution in [3.63, 3.8) is 0 Å². The number of hydrogen-bond donors (Lipinski definition) is 1. The molecule has 1 aliphatic rings. The summed E-state index contributed by atoms with van der Waals surface area (Å²) in [5.41, 5.74) is 0.594. The van der Waals surface area contributed by atoms with Gasteiger partial charge in [0, 0.05) is 15.4 Å². The molecular formula is C11H12BrClO3S. The van der Waals surface area contributed by atoms with Gasteiger partial charge in [0.15, 0.2) is 9.84 Å². The zero-order valence-corrected chi connectivity index (χ0v) is 12.1. The number of rotatable bonds is 2. The fraction of sp³-hybridized carbons (Fsp3) is 0.455. The van der Waals surface area contributed by atoms with Gasteiger partial charge in [-0.2, -0.15) is 0 Å². The molecule has 0 spiro atoms. The van der Waals surface area contributed by atoms with Gasteiger partial charge in [-0.1, -0.05) is 33.6 Å². The van der Waals surface area contributed by atoms with Crippen molar-refractivity contribution in [2.45, 2.75) is 12.5 Å². The predicted molar refractivity (Wildman–Crippen MR) is 70.9 cm³/mol. The third-order valence-corrected chi connectivity index (χ3v) is 5.61. The topological polar surface area (TPSA) is 54.4 Å². The molecule has 1 heterocycles. The van der Waals surface area contributed by atoms with Crippen LogP contribution in [0.1, 0.15) is 18.1 Å². The molecule has 1 aliphatic heterocycles. The highest BCUT2D eigenvalue weighted by Gasteiger charge is 2.34. The molecular weight excluding hydrogens is 328 g/mol. The van der Waals surface area contributed by atoms with Crippen LogP contribution in [0, 0.1) is 5.92 Å². The molecule has 1 N–H and O–H groups in total. The molecule has 0 saturated carbocycles. The van der Waals surface area contributed by atoms with Crippen molar-refractivity contribution in [2.75, 3.05) is 11.5 Å². The van der Waals surface area contributed by atoms with Crippen LogP contribution >= 0.6 is 27.5 Å². The maximum absolute atomic E-state index is 11.4. The Morgan fingerprint density at radius 3 is 2.71 bits per heavy atom. The highest BCUT2D eigenvalue weighted by atomic mass is 79.9. The molecule has 0 radical (unpaired) electrons. The van der Waals surface area contributed by atoms with E-state index in [0.29, 0.717) is 17.0 Å². The molecule has 1 aromatic rings. The largest absolute Gasteiger partial charge is 0.388 e. The average Bonchev–Trinajstić information content (AvgIpc) is 2.58. The monoisotopic (exact) mass is 338 g/mol. The number of benzene rings is 1. The third kappa shape index (κ3) is 3.02. The highest BCUT2D eigenvalue weighted by Crippen LogP contribution is 2.35. The van der Waals surface area contributed by atoms with E-state index < -0.39 is 15.9 Å². The fourth-order valence-corrected chi connectivity index (χ4v) is 4.68. The van der Waals surface area contributed by atoms with E-state index in [-0.39, 0.29) is 17.4 Å². The molecule has 0 aromatic heterocycles. The van der Waals surface area contributed by atoms with Crippen molar-refractivity contribution in [3.05, 3.63) is 33.3 Å². The van der Waals surface area contributed by atoms with Gasteiger partial charge >= 0.3 is 0 Å². The van der Waals surface area contributed by atoms with E-state index in [1.807, 2.05) is 0 Å². The Hall–Kier alpha value is -0.100. The Labute approximate surface area is 114 Å². The second kappa shape index (κ2) is 4.88. The van der Waals surface area contributed by atoms with E-state index in [9.17, 15) is 13.5 Å². The van der Waals surface area contributed by atoms with E-state index in [4.69, 9.17) is 11.6 Å². The first-order valence-corrected chi connectivity index (χ1v) is 8.22. The van der Waals surface area contributed by atoms with Crippen molar-refractivity contribution in [1.82, 2.24) is 0 Å². The Morgan fingerprint density at radius 2 is 2.18 bits per heavy atom. The van der Waals surface area contributed by atoms with Crippen LogP contribution in [0.3, 0.4) is 0 Å². The standard InChI is InChI=1S/C11H12BrClO3S/c12-8-1-2-9(10(13)5-8)11(14)7-3-4-17(15,16)6-7/h1-2,5,7,11,14H,3-4,6H2. The maximum atomic E-state index is 11.4. The summed E-state index contributed by atoms with van der Waals surface area (Å²) in [7, 11) is -2.98. The fourth-order valence-electron chi connectivity index (χ4n) is 2.07. The lowest BCUT2D eigenvalue weighted by molar-refractivity contribution is 0.121. The van der Waals surface area contributed by atoms with Gasteiger partial charge in [0.2, 0.25) is 0 Å². The van der Waals surface area contributed by atoms with Crippen LogP contribution < -0.4 is 0 Å². The summed E-state index contributed by atoms with van der Waals surface area (Å²) >= 11 is 9.32. The quantitative estimate of drug-likeness (QED) is 0.901. The van der Waals surface area contributed by atoms with E-state index >= 15 is 0 Å². The van der Waals surface area contributed by atoms with Crippen LogP contribution in [0.2, 0.25) is 5.02 Å². The smallest absolute Gasteiger partial charge is 0.150 e. The molecule has 2 rings (SSSR count). The first-order valence-electron chi connectivity index (χ1n) is 5.22. The average molecular weight is 340 g/mol. The molecule has 17 heavy (non-hydrogen) atoms. The summed E-state index contributed by atoms with van der Waals surface area (Å²) < 4.78 is 23.6. The maximum Gasteiger partial charge on any atom is 0.150 e. The minimum atomic E-state index is -2.98. The molecule has 1 fully saturated rings. The van der Waals surface area contributed by atoms with Gasteiger partial charge in [0.1, 0.15) is 0 Å². The minimum Gasteiger partial charge on any atom is -0.388 e. The second-order valence-corrected chi connectivity index (χ2v) is 7.83. The van der Waals surface area contributed by atoms with Gasteiger partial charge in [-0.3, -0.25) is 0 Å². The van der Waals surface area contributed by atoms with Gasteiger partial charge in [-0.15, -0.1) is 0 Å². The highest BCUT2D eigenvalue weighted by molar-refractivity contribution is 9.10. The molecule has 0 amide bonds. The SMILES string of the molecule is O=S1(=O)CCC(C(O)c2ccc(Br)cc2Cl)C1. The summed E-state index contributed by atoms with van der Waals surface area (Å²) in [6.07, 6.45) is -0.316. The lowest BCUT2D eigenvalue weighted by Gasteiger charge is -2.18. The zero-order chi connectivity index (χ0) is 12.6. The number of halogens is 2. The summed E-state index contributed by atoms with van der Waals surface area (Å²) in [5.74, 6) is -0.0534. The van der Waals surface area contributed by atoms with Crippen molar-refractivity contribution in [2.24, 2.45) is 5.92 Å². The number of hydrogen-bond acceptors (Lipinski definition) is 3. The first kappa shape index (κ1) is 13.3. The van der Waals surface area contributed by atoms with Gasteiger partial charge < -0.3 is 5.11 Å². The van der Waals surface area contributed by atoms with E-state index in [2.05, 4.69) is 15.9 Å². The molecule has 3 nitrogen and oxygen atoms in total. The first-order chi connectivity index (χ1) is 7.89. The second-order valence-electron chi connectivity index (χ2n) is 4.27. The zero-order valence-electron chi connectivity index (χ0n) is 8.94. The Bertz CT molecular complexity index is 530.